The second-order valence-corrected chi connectivity index (χ2v) is 5.71. The summed E-state index contributed by atoms with van der Waals surface area (Å²) >= 11 is 0. The molecule has 0 amide bonds. The fourth-order valence-corrected chi connectivity index (χ4v) is 2.50. The van der Waals surface area contributed by atoms with Crippen LogP contribution in [-0.2, 0) is 0 Å². The van der Waals surface area contributed by atoms with Crippen molar-refractivity contribution in [2.75, 3.05) is 0 Å². The normalized spacial score (nSPS) is 11.4. The predicted molar refractivity (Wildman–Crippen MR) is 85.3 cm³/mol. The van der Waals surface area contributed by atoms with Gasteiger partial charge in [0.05, 0.1) is 0 Å². The van der Waals surface area contributed by atoms with E-state index in [1.54, 1.807) is 6.21 Å². The maximum atomic E-state index is 9.96. The first-order valence-electron chi connectivity index (χ1n) is 8.61. The van der Waals surface area contributed by atoms with Gasteiger partial charge in [-0.25, -0.2) is 5.16 Å². The monoisotopic (exact) mass is 269 g/mol. The maximum absolute atomic E-state index is 9.96. The van der Waals surface area contributed by atoms with Crippen LogP contribution in [0.5, 0.6) is 0 Å². The van der Waals surface area contributed by atoms with Crippen LogP contribution in [0.25, 0.3) is 0 Å². The van der Waals surface area contributed by atoms with E-state index in [1.165, 1.54) is 83.5 Å². The lowest BCUT2D eigenvalue weighted by molar-refractivity contribution is -0.368. The molecule has 0 spiro atoms. The number of rotatable bonds is 15. The van der Waals surface area contributed by atoms with Gasteiger partial charge in [-0.1, -0.05) is 90.4 Å². The lowest BCUT2D eigenvalue weighted by Gasteiger charge is -2.02. The Morgan fingerprint density at radius 2 is 1.00 bits per heavy atom. The Balaban J connectivity index is 2.91. The van der Waals surface area contributed by atoms with Gasteiger partial charge in [0.1, 0.15) is 6.21 Å². The molecule has 0 aromatic heterocycles. The zero-order valence-corrected chi connectivity index (χ0v) is 13.1. The molecule has 0 rings (SSSR count). The van der Waals surface area contributed by atoms with Gasteiger partial charge in [-0.2, -0.15) is 0 Å². The van der Waals surface area contributed by atoms with Crippen molar-refractivity contribution in [3.8, 4) is 0 Å². The van der Waals surface area contributed by atoms with Crippen LogP contribution in [0.2, 0.25) is 0 Å². The Labute approximate surface area is 120 Å². The molecule has 0 atom stereocenters. The van der Waals surface area contributed by atoms with Crippen molar-refractivity contribution in [3.63, 3.8) is 0 Å². The van der Waals surface area contributed by atoms with E-state index in [0.29, 0.717) is 0 Å². The molecule has 0 aliphatic heterocycles. The van der Waals surface area contributed by atoms with E-state index in [0.717, 1.165) is 12.8 Å². The summed E-state index contributed by atoms with van der Waals surface area (Å²) in [6, 6.07) is 0. The molecule has 0 aliphatic rings. The lowest BCUT2D eigenvalue weighted by atomic mass is 10.0. The van der Waals surface area contributed by atoms with Crippen molar-refractivity contribution < 1.29 is 5.16 Å². The maximum Gasteiger partial charge on any atom is 0.148 e. The van der Waals surface area contributed by atoms with Crippen LogP contribution in [0.3, 0.4) is 0 Å². The molecule has 0 heterocycles. The fourth-order valence-electron chi connectivity index (χ4n) is 2.50. The minimum absolute atomic E-state index is 0.918. The summed E-state index contributed by atoms with van der Waals surface area (Å²) < 4.78 is 0. The first-order valence-corrected chi connectivity index (χ1v) is 8.61. The predicted octanol–water partition coefficient (Wildman–Crippen LogP) is 4.51. The molecular weight excluding hydrogens is 234 g/mol. The van der Waals surface area contributed by atoms with Crippen molar-refractivity contribution in [2.24, 2.45) is 0 Å². The largest absolute Gasteiger partial charge is 0.626 e. The van der Waals surface area contributed by atoms with Crippen molar-refractivity contribution >= 4 is 6.21 Å². The Morgan fingerprint density at radius 1 is 0.632 bits per heavy atom. The fraction of sp³-hybridized carbons (Fsp3) is 0.941. The smallest absolute Gasteiger partial charge is 0.148 e. The van der Waals surface area contributed by atoms with E-state index in [4.69, 9.17) is 0 Å². The highest BCUT2D eigenvalue weighted by Gasteiger charge is 1.93. The molecular formula is C17H35NO. The first kappa shape index (κ1) is 18.5. The molecule has 19 heavy (non-hydrogen) atoms. The zero-order chi connectivity index (χ0) is 14.0. The van der Waals surface area contributed by atoms with Crippen LogP contribution in [-0.4, -0.2) is 6.21 Å². The van der Waals surface area contributed by atoms with Gasteiger partial charge in [-0.05, 0) is 6.42 Å². The van der Waals surface area contributed by atoms with E-state index in [2.05, 4.69) is 6.92 Å². The number of unbranched alkanes of at least 4 members (excludes halogenated alkanes) is 14. The quantitative estimate of drug-likeness (QED) is 0.202. The molecule has 0 aromatic rings. The molecule has 0 bridgehead atoms. The molecule has 0 saturated heterocycles. The molecule has 0 radical (unpaired) electrons. The minimum atomic E-state index is 0.918. The van der Waals surface area contributed by atoms with Gasteiger partial charge >= 0.3 is 0 Å². The van der Waals surface area contributed by atoms with Gasteiger partial charge < -0.3 is 5.21 Å². The van der Waals surface area contributed by atoms with Crippen LogP contribution >= 0.6 is 0 Å². The van der Waals surface area contributed by atoms with Gasteiger partial charge in [0.25, 0.3) is 0 Å². The van der Waals surface area contributed by atoms with Gasteiger partial charge in [-0.15, -0.1) is 0 Å². The summed E-state index contributed by atoms with van der Waals surface area (Å²) in [5, 5.41) is 11.8. The average molecular weight is 269 g/mol. The molecule has 2 nitrogen and oxygen atoms in total. The SMILES string of the molecule is CCCCCCCCCCCCCCCCC=[NH+][O-]. The van der Waals surface area contributed by atoms with Crippen LogP contribution in [0.15, 0.2) is 0 Å². The van der Waals surface area contributed by atoms with E-state index in [-0.39, 0.29) is 0 Å². The highest BCUT2D eigenvalue weighted by Crippen LogP contribution is 2.12. The molecule has 0 fully saturated rings. The third-order valence-electron chi connectivity index (χ3n) is 3.79. The first-order chi connectivity index (χ1) is 9.41. The van der Waals surface area contributed by atoms with E-state index in [9.17, 15) is 5.21 Å². The van der Waals surface area contributed by atoms with E-state index in [1.807, 2.05) is 5.16 Å². The highest BCUT2D eigenvalue weighted by molar-refractivity contribution is 5.49. The van der Waals surface area contributed by atoms with Gasteiger partial charge in [0.2, 0.25) is 0 Å². The third kappa shape index (κ3) is 17.5. The summed E-state index contributed by atoms with van der Waals surface area (Å²) in [4.78, 5) is 0. The number of hydrogen-bond donors (Lipinski definition) is 1. The average Bonchev–Trinajstić information content (AvgIpc) is 2.43. The van der Waals surface area contributed by atoms with Crippen LogP contribution < -0.4 is 5.16 Å². The summed E-state index contributed by atoms with van der Waals surface area (Å²) in [5.74, 6) is 0. The Bertz CT molecular complexity index is 180. The van der Waals surface area contributed by atoms with Crippen LogP contribution in [0.4, 0.5) is 0 Å². The van der Waals surface area contributed by atoms with Gasteiger partial charge in [0, 0.05) is 6.42 Å². The molecule has 1 N–H and O–H groups in total. The molecule has 0 saturated carbocycles. The molecule has 2 heteroatoms. The van der Waals surface area contributed by atoms with Crippen molar-refractivity contribution in [1.82, 2.24) is 0 Å². The van der Waals surface area contributed by atoms with Gasteiger partial charge in [-0.3, -0.25) is 0 Å². The van der Waals surface area contributed by atoms with Crippen molar-refractivity contribution in [1.29, 1.82) is 0 Å². The summed E-state index contributed by atoms with van der Waals surface area (Å²) in [7, 11) is 0. The standard InChI is InChI=1S/C17H35NO/c1-2-3-4-5-6-7-8-9-10-11-12-13-14-15-16-17-18-19/h17-18H,2-16H2,1H3. The Hall–Kier alpha value is -0.530. The van der Waals surface area contributed by atoms with Crippen molar-refractivity contribution in [2.45, 2.75) is 103 Å². The summed E-state index contributed by atoms with van der Waals surface area (Å²) in [6.07, 6.45) is 21.9. The minimum Gasteiger partial charge on any atom is -0.626 e. The van der Waals surface area contributed by atoms with E-state index >= 15 is 0 Å². The molecule has 0 unspecified atom stereocenters. The second-order valence-electron chi connectivity index (χ2n) is 5.71. The Kier molecular flexibility index (Phi) is 17.0. The number of hydrogen-bond acceptors (Lipinski definition) is 1. The van der Waals surface area contributed by atoms with Crippen LogP contribution in [0, 0.1) is 5.21 Å². The zero-order valence-electron chi connectivity index (χ0n) is 13.1. The second kappa shape index (κ2) is 17.5. The van der Waals surface area contributed by atoms with Crippen molar-refractivity contribution in [3.05, 3.63) is 5.21 Å². The molecule has 114 valence electrons. The van der Waals surface area contributed by atoms with Gasteiger partial charge in [0.15, 0.2) is 0 Å². The highest BCUT2D eigenvalue weighted by atomic mass is 16.4. The number of nitrogens with one attached hydrogen (secondary N) is 1. The summed E-state index contributed by atoms with van der Waals surface area (Å²) in [5.41, 5.74) is 0. The Morgan fingerprint density at radius 3 is 1.37 bits per heavy atom. The molecule has 0 aromatic carbocycles. The molecule has 0 aliphatic carbocycles. The van der Waals surface area contributed by atoms with Crippen LogP contribution in [0.1, 0.15) is 103 Å². The lowest BCUT2D eigenvalue weighted by Crippen LogP contribution is -2.60. The third-order valence-corrected chi connectivity index (χ3v) is 3.79. The van der Waals surface area contributed by atoms with E-state index < -0.39 is 0 Å². The summed E-state index contributed by atoms with van der Waals surface area (Å²) in [6.45, 7) is 2.28. The topological polar surface area (TPSA) is 37.0 Å².